The Hall–Kier alpha value is -1.55. The summed E-state index contributed by atoms with van der Waals surface area (Å²) in [7, 11) is 1.72. The molecule has 0 saturated carbocycles. The predicted molar refractivity (Wildman–Crippen MR) is 86.3 cm³/mol. The fraction of sp³-hybridized carbons (Fsp3) is 0.188. The summed E-state index contributed by atoms with van der Waals surface area (Å²) in [6.45, 7) is 0.427. The first-order chi connectivity index (χ1) is 9.99. The number of hydrogen-bond acceptors (Lipinski definition) is 2. The highest BCUT2D eigenvalue weighted by molar-refractivity contribution is 6.42. The van der Waals surface area contributed by atoms with Gasteiger partial charge in [0.05, 0.1) is 10.0 Å². The Labute approximate surface area is 134 Å². The van der Waals surface area contributed by atoms with Gasteiger partial charge in [-0.05, 0) is 23.3 Å². The highest BCUT2D eigenvalue weighted by Gasteiger charge is 2.19. The first-order valence-electron chi connectivity index (χ1n) is 6.48. The largest absolute Gasteiger partial charge is 0.340 e. The number of carbonyl (C=O) groups is 1. The molecule has 5 heteroatoms. The summed E-state index contributed by atoms with van der Waals surface area (Å²) in [4.78, 5) is 13.9. The third-order valence-corrected chi connectivity index (χ3v) is 3.94. The van der Waals surface area contributed by atoms with E-state index < -0.39 is 6.04 Å². The molecule has 110 valence electrons. The van der Waals surface area contributed by atoms with Gasteiger partial charge in [-0.25, -0.2) is 0 Å². The average molecular weight is 323 g/mol. The summed E-state index contributed by atoms with van der Waals surface area (Å²) >= 11 is 11.9. The van der Waals surface area contributed by atoms with Crippen LogP contribution in [0.15, 0.2) is 48.5 Å². The van der Waals surface area contributed by atoms with E-state index in [0.717, 1.165) is 11.1 Å². The van der Waals surface area contributed by atoms with Crippen LogP contribution in [-0.2, 0) is 11.3 Å². The second-order valence-electron chi connectivity index (χ2n) is 4.83. The summed E-state index contributed by atoms with van der Waals surface area (Å²) in [6.07, 6.45) is 0. The number of nitrogens with two attached hydrogens (primary N) is 1. The van der Waals surface area contributed by atoms with Crippen LogP contribution in [-0.4, -0.2) is 17.9 Å². The molecular formula is C16H16Cl2N2O. The molecule has 0 saturated heterocycles. The highest BCUT2D eigenvalue weighted by Crippen LogP contribution is 2.23. The molecule has 21 heavy (non-hydrogen) atoms. The number of benzene rings is 2. The minimum atomic E-state index is -0.668. The summed E-state index contributed by atoms with van der Waals surface area (Å²) in [6, 6.07) is 13.9. The van der Waals surface area contributed by atoms with Crippen LogP contribution in [0, 0.1) is 0 Å². The van der Waals surface area contributed by atoms with Crippen molar-refractivity contribution in [3.8, 4) is 0 Å². The van der Waals surface area contributed by atoms with E-state index in [1.807, 2.05) is 36.4 Å². The van der Waals surface area contributed by atoms with E-state index in [9.17, 15) is 4.79 Å². The van der Waals surface area contributed by atoms with Gasteiger partial charge in [0, 0.05) is 13.6 Å². The van der Waals surface area contributed by atoms with Gasteiger partial charge in [-0.3, -0.25) is 4.79 Å². The van der Waals surface area contributed by atoms with Gasteiger partial charge in [-0.2, -0.15) is 0 Å². The number of rotatable bonds is 4. The lowest BCUT2D eigenvalue weighted by Crippen LogP contribution is -2.35. The molecule has 2 aromatic rings. The molecule has 0 bridgehead atoms. The van der Waals surface area contributed by atoms with Crippen LogP contribution in [0.5, 0.6) is 0 Å². The quantitative estimate of drug-likeness (QED) is 0.933. The topological polar surface area (TPSA) is 46.3 Å². The Morgan fingerprint density at radius 2 is 1.81 bits per heavy atom. The van der Waals surface area contributed by atoms with E-state index in [1.54, 1.807) is 24.1 Å². The number of hydrogen-bond donors (Lipinski definition) is 1. The summed E-state index contributed by atoms with van der Waals surface area (Å²) < 4.78 is 0. The molecule has 0 heterocycles. The van der Waals surface area contributed by atoms with E-state index >= 15 is 0 Å². The maximum atomic E-state index is 12.3. The maximum Gasteiger partial charge on any atom is 0.244 e. The predicted octanol–water partition coefficient (Wildman–Crippen LogP) is 3.65. The van der Waals surface area contributed by atoms with Crippen LogP contribution in [0.1, 0.15) is 17.2 Å². The van der Waals surface area contributed by atoms with Gasteiger partial charge in [0.25, 0.3) is 0 Å². The van der Waals surface area contributed by atoms with Gasteiger partial charge in [0.15, 0.2) is 0 Å². The smallest absolute Gasteiger partial charge is 0.244 e. The van der Waals surface area contributed by atoms with Crippen LogP contribution in [0.25, 0.3) is 0 Å². The SMILES string of the molecule is CN(Cc1ccc(Cl)c(Cl)c1)C(=O)[C@H](N)c1ccccc1. The Kier molecular flexibility index (Phi) is 5.23. The van der Waals surface area contributed by atoms with Crippen molar-refractivity contribution in [3.05, 3.63) is 69.7 Å². The van der Waals surface area contributed by atoms with Gasteiger partial charge in [-0.15, -0.1) is 0 Å². The van der Waals surface area contributed by atoms with Crippen molar-refractivity contribution in [3.63, 3.8) is 0 Å². The van der Waals surface area contributed by atoms with Crippen LogP contribution >= 0.6 is 23.2 Å². The third kappa shape index (κ3) is 3.97. The van der Waals surface area contributed by atoms with Crippen molar-refractivity contribution in [1.82, 2.24) is 4.90 Å². The van der Waals surface area contributed by atoms with Gasteiger partial charge in [0.1, 0.15) is 6.04 Å². The lowest BCUT2D eigenvalue weighted by molar-refractivity contribution is -0.131. The minimum Gasteiger partial charge on any atom is -0.340 e. The number of amides is 1. The van der Waals surface area contributed by atoms with Crippen molar-refractivity contribution in [2.45, 2.75) is 12.6 Å². The molecule has 0 aromatic heterocycles. The fourth-order valence-electron chi connectivity index (χ4n) is 2.03. The summed E-state index contributed by atoms with van der Waals surface area (Å²) in [5, 5.41) is 0.970. The van der Waals surface area contributed by atoms with Crippen molar-refractivity contribution >= 4 is 29.1 Å². The molecule has 2 rings (SSSR count). The molecule has 2 N–H and O–H groups in total. The molecule has 1 amide bonds. The maximum absolute atomic E-state index is 12.3. The Bertz CT molecular complexity index is 631. The van der Waals surface area contributed by atoms with E-state index in [-0.39, 0.29) is 5.91 Å². The zero-order valence-corrected chi connectivity index (χ0v) is 13.1. The molecule has 0 aliphatic heterocycles. The Morgan fingerprint density at radius 3 is 2.43 bits per heavy atom. The highest BCUT2D eigenvalue weighted by atomic mass is 35.5. The summed E-state index contributed by atoms with van der Waals surface area (Å²) in [5.41, 5.74) is 7.71. The normalized spacial score (nSPS) is 12.0. The van der Waals surface area contributed by atoms with Crippen LogP contribution < -0.4 is 5.73 Å². The molecular weight excluding hydrogens is 307 g/mol. The van der Waals surface area contributed by atoms with E-state index in [2.05, 4.69) is 0 Å². The second kappa shape index (κ2) is 6.94. The minimum absolute atomic E-state index is 0.146. The molecule has 0 fully saturated rings. The molecule has 0 radical (unpaired) electrons. The van der Waals surface area contributed by atoms with Crippen LogP contribution in [0.4, 0.5) is 0 Å². The lowest BCUT2D eigenvalue weighted by atomic mass is 10.1. The standard InChI is InChI=1S/C16H16Cl2N2O/c1-20(10-11-7-8-13(17)14(18)9-11)16(21)15(19)12-5-3-2-4-6-12/h2-9,15H,10,19H2,1H3/t15-/m1/s1. The van der Waals surface area contributed by atoms with E-state index in [4.69, 9.17) is 28.9 Å². The zero-order valence-electron chi connectivity index (χ0n) is 11.6. The van der Waals surface area contributed by atoms with Crippen molar-refractivity contribution < 1.29 is 4.79 Å². The molecule has 1 atom stereocenters. The molecule has 2 aromatic carbocycles. The van der Waals surface area contributed by atoms with Gasteiger partial charge >= 0.3 is 0 Å². The lowest BCUT2D eigenvalue weighted by Gasteiger charge is -2.22. The summed E-state index contributed by atoms with van der Waals surface area (Å²) in [5.74, 6) is -0.146. The fourth-order valence-corrected chi connectivity index (χ4v) is 2.35. The molecule has 0 aliphatic carbocycles. The Balaban J connectivity index is 2.07. The molecule has 0 unspecified atom stereocenters. The van der Waals surface area contributed by atoms with Gasteiger partial charge in [0.2, 0.25) is 5.91 Å². The van der Waals surface area contributed by atoms with Crippen molar-refractivity contribution in [2.75, 3.05) is 7.05 Å². The average Bonchev–Trinajstić information content (AvgIpc) is 2.50. The van der Waals surface area contributed by atoms with Crippen molar-refractivity contribution in [2.24, 2.45) is 5.73 Å². The van der Waals surface area contributed by atoms with Crippen LogP contribution in [0.3, 0.4) is 0 Å². The molecule has 0 spiro atoms. The second-order valence-corrected chi connectivity index (χ2v) is 5.65. The Morgan fingerprint density at radius 1 is 1.14 bits per heavy atom. The van der Waals surface area contributed by atoms with Crippen molar-refractivity contribution in [1.29, 1.82) is 0 Å². The van der Waals surface area contributed by atoms with Gasteiger partial charge < -0.3 is 10.6 Å². The number of nitrogens with zero attached hydrogens (tertiary/aromatic N) is 1. The van der Waals surface area contributed by atoms with Gasteiger partial charge in [-0.1, -0.05) is 59.6 Å². The zero-order chi connectivity index (χ0) is 15.4. The van der Waals surface area contributed by atoms with E-state index in [1.165, 1.54) is 0 Å². The molecule has 3 nitrogen and oxygen atoms in total. The van der Waals surface area contributed by atoms with E-state index in [0.29, 0.717) is 16.6 Å². The monoisotopic (exact) mass is 322 g/mol. The molecule has 0 aliphatic rings. The third-order valence-electron chi connectivity index (χ3n) is 3.20. The first kappa shape index (κ1) is 15.8. The number of likely N-dealkylation sites (N-methyl/N-ethyl adjacent to an activating group) is 1. The first-order valence-corrected chi connectivity index (χ1v) is 7.24. The number of carbonyl (C=O) groups excluding carboxylic acids is 1. The number of halogens is 2. The van der Waals surface area contributed by atoms with Crippen LogP contribution in [0.2, 0.25) is 10.0 Å².